The van der Waals surface area contributed by atoms with Gasteiger partial charge in [0, 0.05) is 50.8 Å². The lowest BCUT2D eigenvalue weighted by Gasteiger charge is -2.33. The Kier molecular flexibility index (Phi) is 5.29. The molecule has 3 unspecified atom stereocenters. The largest absolute Gasteiger partial charge is 0.381 e. The van der Waals surface area contributed by atoms with Gasteiger partial charge in [0.15, 0.2) is 0 Å². The van der Waals surface area contributed by atoms with Gasteiger partial charge in [0.1, 0.15) is 0 Å². The minimum atomic E-state index is 0.584. The molecule has 3 atom stereocenters. The number of rotatable bonds is 5. The molecule has 0 aromatic heterocycles. The molecule has 3 aliphatic heterocycles. The zero-order chi connectivity index (χ0) is 13.8. The van der Waals surface area contributed by atoms with Crippen LogP contribution in [-0.2, 0) is 9.47 Å². The van der Waals surface area contributed by atoms with E-state index in [1.807, 2.05) is 0 Å². The Morgan fingerprint density at radius 3 is 2.65 bits per heavy atom. The summed E-state index contributed by atoms with van der Waals surface area (Å²) in [4.78, 5) is 5.26. The standard InChI is InChI=1S/C15H29N3O2/c1-16-15(13-3-7-20-12-13)11-17-4-2-14(10-17)18-5-8-19-9-6-18/h13-16H,2-12H2,1H3. The third kappa shape index (κ3) is 3.52. The molecule has 3 fully saturated rings. The molecule has 3 saturated heterocycles. The van der Waals surface area contributed by atoms with Crippen molar-refractivity contribution in [2.45, 2.75) is 24.9 Å². The van der Waals surface area contributed by atoms with Gasteiger partial charge in [-0.3, -0.25) is 4.90 Å². The summed E-state index contributed by atoms with van der Waals surface area (Å²) in [5.41, 5.74) is 0. The van der Waals surface area contributed by atoms with Crippen LogP contribution in [0.5, 0.6) is 0 Å². The molecular weight excluding hydrogens is 254 g/mol. The Labute approximate surface area is 122 Å². The lowest BCUT2D eigenvalue weighted by Crippen LogP contribution is -2.47. The molecule has 0 radical (unpaired) electrons. The molecule has 0 saturated carbocycles. The molecule has 0 aliphatic carbocycles. The van der Waals surface area contributed by atoms with Gasteiger partial charge in [-0.05, 0) is 26.4 Å². The average molecular weight is 283 g/mol. The first kappa shape index (κ1) is 14.7. The van der Waals surface area contributed by atoms with Crippen LogP contribution in [0.15, 0.2) is 0 Å². The molecule has 0 spiro atoms. The lowest BCUT2D eigenvalue weighted by molar-refractivity contribution is 0.0182. The van der Waals surface area contributed by atoms with Gasteiger partial charge in [-0.1, -0.05) is 0 Å². The van der Waals surface area contributed by atoms with Gasteiger partial charge in [0.25, 0.3) is 0 Å². The fourth-order valence-electron chi connectivity index (χ4n) is 3.84. The molecule has 0 bridgehead atoms. The fourth-order valence-corrected chi connectivity index (χ4v) is 3.84. The van der Waals surface area contributed by atoms with Crippen LogP contribution in [0.25, 0.3) is 0 Å². The van der Waals surface area contributed by atoms with E-state index in [0.29, 0.717) is 12.0 Å². The van der Waals surface area contributed by atoms with Crippen molar-refractivity contribution in [1.82, 2.24) is 15.1 Å². The second kappa shape index (κ2) is 7.18. The Hall–Kier alpha value is -0.200. The average Bonchev–Trinajstić information content (AvgIpc) is 3.17. The Bertz CT molecular complexity index is 291. The van der Waals surface area contributed by atoms with Crippen molar-refractivity contribution in [3.63, 3.8) is 0 Å². The van der Waals surface area contributed by atoms with Crippen LogP contribution in [0, 0.1) is 5.92 Å². The molecule has 0 aromatic carbocycles. The number of morpholine rings is 1. The molecule has 3 heterocycles. The predicted octanol–water partition coefficient (Wildman–Crippen LogP) is 0.0174. The highest BCUT2D eigenvalue weighted by atomic mass is 16.5. The van der Waals surface area contributed by atoms with Crippen molar-refractivity contribution in [1.29, 1.82) is 0 Å². The van der Waals surface area contributed by atoms with Crippen molar-refractivity contribution in [3.05, 3.63) is 0 Å². The second-order valence-corrected chi connectivity index (χ2v) is 6.37. The number of hydrogen-bond donors (Lipinski definition) is 1. The van der Waals surface area contributed by atoms with Crippen LogP contribution in [-0.4, -0.2) is 88.1 Å². The van der Waals surface area contributed by atoms with Crippen molar-refractivity contribution in [2.75, 3.05) is 66.2 Å². The van der Waals surface area contributed by atoms with E-state index in [2.05, 4.69) is 22.2 Å². The van der Waals surface area contributed by atoms with Gasteiger partial charge >= 0.3 is 0 Å². The molecule has 3 aliphatic rings. The van der Waals surface area contributed by atoms with E-state index >= 15 is 0 Å². The molecule has 0 amide bonds. The highest BCUT2D eigenvalue weighted by molar-refractivity contribution is 4.88. The van der Waals surface area contributed by atoms with E-state index < -0.39 is 0 Å². The third-order valence-electron chi connectivity index (χ3n) is 5.17. The van der Waals surface area contributed by atoms with Gasteiger partial charge in [-0.2, -0.15) is 0 Å². The Morgan fingerprint density at radius 2 is 1.95 bits per heavy atom. The quantitative estimate of drug-likeness (QED) is 0.770. The summed E-state index contributed by atoms with van der Waals surface area (Å²) in [6.45, 7) is 9.58. The number of likely N-dealkylation sites (tertiary alicyclic amines) is 1. The van der Waals surface area contributed by atoms with E-state index in [-0.39, 0.29) is 0 Å². The normalized spacial score (nSPS) is 34.6. The monoisotopic (exact) mass is 283 g/mol. The van der Waals surface area contributed by atoms with Crippen LogP contribution in [0.1, 0.15) is 12.8 Å². The topological polar surface area (TPSA) is 37.0 Å². The number of hydrogen-bond acceptors (Lipinski definition) is 5. The van der Waals surface area contributed by atoms with E-state index in [1.165, 1.54) is 32.5 Å². The van der Waals surface area contributed by atoms with Crippen molar-refractivity contribution >= 4 is 0 Å². The zero-order valence-electron chi connectivity index (χ0n) is 12.7. The highest BCUT2D eigenvalue weighted by Crippen LogP contribution is 2.21. The summed E-state index contributed by atoms with van der Waals surface area (Å²) >= 11 is 0. The summed E-state index contributed by atoms with van der Waals surface area (Å²) < 4.78 is 11.0. The molecule has 0 aromatic rings. The SMILES string of the molecule is CNC(CN1CCC(N2CCOCC2)C1)C1CCOC1. The van der Waals surface area contributed by atoms with Gasteiger partial charge < -0.3 is 19.7 Å². The number of nitrogens with one attached hydrogen (secondary N) is 1. The van der Waals surface area contributed by atoms with Crippen molar-refractivity contribution in [2.24, 2.45) is 5.92 Å². The molecule has 20 heavy (non-hydrogen) atoms. The van der Waals surface area contributed by atoms with Gasteiger partial charge in [0.05, 0.1) is 19.8 Å². The molecule has 3 rings (SSSR count). The van der Waals surface area contributed by atoms with Crippen molar-refractivity contribution < 1.29 is 9.47 Å². The molecule has 1 N–H and O–H groups in total. The number of nitrogens with zero attached hydrogens (tertiary/aromatic N) is 2. The molecule has 5 nitrogen and oxygen atoms in total. The highest BCUT2D eigenvalue weighted by Gasteiger charge is 2.32. The van der Waals surface area contributed by atoms with Crippen LogP contribution in [0.3, 0.4) is 0 Å². The van der Waals surface area contributed by atoms with E-state index in [9.17, 15) is 0 Å². The summed E-state index contributed by atoms with van der Waals surface area (Å²) in [7, 11) is 2.10. The first-order chi connectivity index (χ1) is 9.86. The molecule has 116 valence electrons. The Morgan fingerprint density at radius 1 is 1.10 bits per heavy atom. The van der Waals surface area contributed by atoms with Gasteiger partial charge in [-0.25, -0.2) is 0 Å². The summed E-state index contributed by atoms with van der Waals surface area (Å²) in [6.07, 6.45) is 2.53. The van der Waals surface area contributed by atoms with Crippen LogP contribution >= 0.6 is 0 Å². The first-order valence-electron chi connectivity index (χ1n) is 8.16. The first-order valence-corrected chi connectivity index (χ1v) is 8.16. The van der Waals surface area contributed by atoms with Crippen molar-refractivity contribution in [3.8, 4) is 0 Å². The van der Waals surface area contributed by atoms with E-state index in [4.69, 9.17) is 9.47 Å². The minimum absolute atomic E-state index is 0.584. The smallest absolute Gasteiger partial charge is 0.0594 e. The third-order valence-corrected chi connectivity index (χ3v) is 5.17. The fraction of sp³-hybridized carbons (Fsp3) is 1.00. The number of likely N-dealkylation sites (N-methyl/N-ethyl adjacent to an activating group) is 1. The van der Waals surface area contributed by atoms with Crippen LogP contribution in [0.2, 0.25) is 0 Å². The van der Waals surface area contributed by atoms with Gasteiger partial charge in [-0.15, -0.1) is 0 Å². The minimum Gasteiger partial charge on any atom is -0.381 e. The maximum Gasteiger partial charge on any atom is 0.0594 e. The Balaban J connectivity index is 1.46. The van der Waals surface area contributed by atoms with E-state index in [0.717, 1.165) is 45.6 Å². The van der Waals surface area contributed by atoms with Gasteiger partial charge in [0.2, 0.25) is 0 Å². The van der Waals surface area contributed by atoms with E-state index in [1.54, 1.807) is 0 Å². The molecule has 5 heteroatoms. The zero-order valence-corrected chi connectivity index (χ0v) is 12.7. The summed E-state index contributed by atoms with van der Waals surface area (Å²) in [6, 6.07) is 1.33. The maximum atomic E-state index is 5.54. The summed E-state index contributed by atoms with van der Waals surface area (Å²) in [5.74, 6) is 0.697. The lowest BCUT2D eigenvalue weighted by atomic mass is 9.99. The molecular formula is C15H29N3O2. The van der Waals surface area contributed by atoms with Crippen LogP contribution in [0.4, 0.5) is 0 Å². The van der Waals surface area contributed by atoms with Crippen LogP contribution < -0.4 is 5.32 Å². The summed E-state index contributed by atoms with van der Waals surface area (Å²) in [5, 5.41) is 3.51. The predicted molar refractivity (Wildman–Crippen MR) is 79.0 cm³/mol. The second-order valence-electron chi connectivity index (χ2n) is 6.37. The number of ether oxygens (including phenoxy) is 2. The maximum absolute atomic E-state index is 5.54.